The lowest BCUT2D eigenvalue weighted by molar-refractivity contribution is -0.123. The Morgan fingerprint density at radius 2 is 2.18 bits per heavy atom. The van der Waals surface area contributed by atoms with Crippen LogP contribution in [0.1, 0.15) is 17.5 Å². The average Bonchev–Trinajstić information content (AvgIpc) is 2.38. The normalized spacial score (nSPS) is 18.5. The van der Waals surface area contributed by atoms with Crippen molar-refractivity contribution in [1.29, 1.82) is 0 Å². The van der Waals surface area contributed by atoms with E-state index in [2.05, 4.69) is 22.8 Å². The van der Waals surface area contributed by atoms with Crippen molar-refractivity contribution in [3.8, 4) is 0 Å². The van der Waals surface area contributed by atoms with Crippen LogP contribution in [0, 0.1) is 0 Å². The number of carbonyl (C=O) groups is 1. The van der Waals surface area contributed by atoms with Crippen LogP contribution in [0.4, 0.5) is 0 Å². The van der Waals surface area contributed by atoms with E-state index in [1.165, 1.54) is 11.1 Å². The fourth-order valence-corrected chi connectivity index (χ4v) is 2.08. The van der Waals surface area contributed by atoms with Crippen LogP contribution in [0.3, 0.4) is 0 Å². The van der Waals surface area contributed by atoms with Gasteiger partial charge in [0, 0.05) is 13.1 Å². The maximum Gasteiger partial charge on any atom is 0.237 e. The van der Waals surface area contributed by atoms with E-state index in [-0.39, 0.29) is 11.9 Å². The first-order valence-corrected chi connectivity index (χ1v) is 6.09. The zero-order valence-corrected chi connectivity index (χ0v) is 9.91. The predicted octanol–water partition coefficient (Wildman–Crippen LogP) is 0.166. The van der Waals surface area contributed by atoms with Crippen molar-refractivity contribution in [2.24, 2.45) is 5.73 Å². The summed E-state index contributed by atoms with van der Waals surface area (Å²) in [5, 5.41) is 6.16. The van der Waals surface area contributed by atoms with Crippen molar-refractivity contribution < 1.29 is 4.79 Å². The summed E-state index contributed by atoms with van der Waals surface area (Å²) in [4.78, 5) is 11.9. The number of amides is 1. The van der Waals surface area contributed by atoms with Gasteiger partial charge in [0.1, 0.15) is 0 Å². The number of benzene rings is 1. The number of fused-ring (bicyclic) bond motifs is 1. The second kappa shape index (κ2) is 5.80. The zero-order chi connectivity index (χ0) is 12.1. The van der Waals surface area contributed by atoms with Crippen molar-refractivity contribution in [3.05, 3.63) is 35.4 Å². The Morgan fingerprint density at radius 1 is 1.41 bits per heavy atom. The first-order valence-electron chi connectivity index (χ1n) is 6.09. The van der Waals surface area contributed by atoms with Crippen LogP contribution in [-0.4, -0.2) is 25.0 Å². The minimum absolute atomic E-state index is 0.0768. The fraction of sp³-hybridized carbons (Fsp3) is 0.462. The molecule has 0 saturated heterocycles. The highest BCUT2D eigenvalue weighted by molar-refractivity contribution is 5.82. The van der Waals surface area contributed by atoms with Crippen molar-refractivity contribution in [2.75, 3.05) is 13.1 Å². The van der Waals surface area contributed by atoms with Crippen LogP contribution < -0.4 is 16.4 Å². The lowest BCUT2D eigenvalue weighted by Crippen LogP contribution is -2.48. The van der Waals surface area contributed by atoms with Gasteiger partial charge in [-0.25, -0.2) is 0 Å². The quantitative estimate of drug-likeness (QED) is 0.649. The average molecular weight is 233 g/mol. The standard InChI is InChI=1S/C13H19N3O/c14-6-3-7-15-13(17)12-8-10-4-1-2-5-11(10)9-16-12/h1-2,4-5,12,16H,3,6-9,14H2,(H,15,17)/t12-/m1/s1. The number of hydrogen-bond donors (Lipinski definition) is 3. The van der Waals surface area contributed by atoms with E-state index < -0.39 is 0 Å². The van der Waals surface area contributed by atoms with Crippen LogP contribution in [0.15, 0.2) is 24.3 Å². The van der Waals surface area contributed by atoms with Gasteiger partial charge in [-0.1, -0.05) is 24.3 Å². The number of rotatable bonds is 4. The van der Waals surface area contributed by atoms with Gasteiger partial charge in [-0.2, -0.15) is 0 Å². The Labute approximate surface area is 102 Å². The molecule has 0 radical (unpaired) electrons. The molecule has 1 aliphatic rings. The first kappa shape index (κ1) is 12.1. The molecule has 1 aromatic rings. The van der Waals surface area contributed by atoms with Crippen LogP contribution >= 0.6 is 0 Å². The first-order chi connectivity index (χ1) is 8.31. The van der Waals surface area contributed by atoms with Crippen molar-refractivity contribution in [2.45, 2.75) is 25.4 Å². The number of hydrogen-bond acceptors (Lipinski definition) is 3. The number of nitrogens with one attached hydrogen (secondary N) is 2. The Balaban J connectivity index is 1.91. The van der Waals surface area contributed by atoms with Gasteiger partial charge in [-0.05, 0) is 30.5 Å². The van der Waals surface area contributed by atoms with Crippen LogP contribution in [0.2, 0.25) is 0 Å². The molecule has 0 aromatic heterocycles. The van der Waals surface area contributed by atoms with Gasteiger partial charge in [0.2, 0.25) is 5.91 Å². The van der Waals surface area contributed by atoms with E-state index >= 15 is 0 Å². The molecule has 2 rings (SSSR count). The lowest BCUT2D eigenvalue weighted by Gasteiger charge is -2.25. The summed E-state index contributed by atoms with van der Waals surface area (Å²) in [6.07, 6.45) is 1.60. The van der Waals surface area contributed by atoms with E-state index in [4.69, 9.17) is 5.73 Å². The van der Waals surface area contributed by atoms with E-state index in [1.807, 2.05) is 12.1 Å². The highest BCUT2D eigenvalue weighted by Crippen LogP contribution is 2.16. The van der Waals surface area contributed by atoms with Crippen molar-refractivity contribution in [1.82, 2.24) is 10.6 Å². The molecular formula is C13H19N3O. The summed E-state index contributed by atoms with van der Waals surface area (Å²) in [6.45, 7) is 2.04. The molecule has 0 fully saturated rings. The molecule has 1 amide bonds. The van der Waals surface area contributed by atoms with Gasteiger partial charge >= 0.3 is 0 Å². The summed E-state index contributed by atoms with van der Waals surface area (Å²) in [5.74, 6) is 0.0768. The van der Waals surface area contributed by atoms with Gasteiger partial charge in [0.25, 0.3) is 0 Å². The number of nitrogens with two attached hydrogens (primary N) is 1. The monoisotopic (exact) mass is 233 g/mol. The Kier molecular flexibility index (Phi) is 4.12. The smallest absolute Gasteiger partial charge is 0.237 e. The summed E-state index contributed by atoms with van der Waals surface area (Å²) in [7, 11) is 0. The Morgan fingerprint density at radius 3 is 2.94 bits per heavy atom. The minimum Gasteiger partial charge on any atom is -0.355 e. The minimum atomic E-state index is -0.109. The third-order valence-electron chi connectivity index (χ3n) is 3.08. The molecular weight excluding hydrogens is 214 g/mol. The largest absolute Gasteiger partial charge is 0.355 e. The maximum atomic E-state index is 11.9. The molecule has 92 valence electrons. The van der Waals surface area contributed by atoms with Gasteiger partial charge < -0.3 is 16.4 Å². The third kappa shape index (κ3) is 3.05. The molecule has 0 unspecified atom stereocenters. The molecule has 0 saturated carbocycles. The molecule has 0 bridgehead atoms. The Hall–Kier alpha value is -1.39. The molecule has 1 aliphatic heterocycles. The molecule has 4 N–H and O–H groups in total. The molecule has 1 heterocycles. The SMILES string of the molecule is NCCCNC(=O)[C@H]1Cc2ccccc2CN1. The molecule has 1 atom stereocenters. The second-order valence-corrected chi connectivity index (χ2v) is 4.34. The van der Waals surface area contributed by atoms with E-state index in [1.54, 1.807) is 0 Å². The molecule has 4 heteroatoms. The van der Waals surface area contributed by atoms with E-state index in [0.29, 0.717) is 13.1 Å². The third-order valence-corrected chi connectivity index (χ3v) is 3.08. The van der Waals surface area contributed by atoms with Gasteiger partial charge in [-0.3, -0.25) is 4.79 Å². The van der Waals surface area contributed by atoms with Gasteiger partial charge in [0.15, 0.2) is 0 Å². The van der Waals surface area contributed by atoms with E-state index in [9.17, 15) is 4.79 Å². The Bertz CT molecular complexity index is 392. The maximum absolute atomic E-state index is 11.9. The molecule has 4 nitrogen and oxygen atoms in total. The lowest BCUT2D eigenvalue weighted by atomic mass is 9.95. The fourth-order valence-electron chi connectivity index (χ4n) is 2.08. The molecule has 0 aliphatic carbocycles. The topological polar surface area (TPSA) is 67.1 Å². The number of carbonyl (C=O) groups excluding carboxylic acids is 1. The molecule has 1 aromatic carbocycles. The summed E-state index contributed by atoms with van der Waals surface area (Å²) >= 11 is 0. The van der Waals surface area contributed by atoms with Crippen molar-refractivity contribution >= 4 is 5.91 Å². The highest BCUT2D eigenvalue weighted by atomic mass is 16.2. The summed E-state index contributed by atoms with van der Waals surface area (Å²) in [6, 6.07) is 8.14. The second-order valence-electron chi connectivity index (χ2n) is 4.34. The van der Waals surface area contributed by atoms with Crippen LogP contribution in [0.25, 0.3) is 0 Å². The van der Waals surface area contributed by atoms with Crippen LogP contribution in [-0.2, 0) is 17.8 Å². The zero-order valence-electron chi connectivity index (χ0n) is 9.91. The van der Waals surface area contributed by atoms with E-state index in [0.717, 1.165) is 19.4 Å². The molecule has 0 spiro atoms. The van der Waals surface area contributed by atoms with Gasteiger partial charge in [0.05, 0.1) is 6.04 Å². The van der Waals surface area contributed by atoms with Gasteiger partial charge in [-0.15, -0.1) is 0 Å². The predicted molar refractivity (Wildman–Crippen MR) is 67.5 cm³/mol. The summed E-state index contributed by atoms with van der Waals surface area (Å²) < 4.78 is 0. The van der Waals surface area contributed by atoms with Crippen molar-refractivity contribution in [3.63, 3.8) is 0 Å². The summed E-state index contributed by atoms with van der Waals surface area (Å²) in [5.41, 5.74) is 7.95. The highest BCUT2D eigenvalue weighted by Gasteiger charge is 2.23. The molecule has 17 heavy (non-hydrogen) atoms. The van der Waals surface area contributed by atoms with Crippen LogP contribution in [0.5, 0.6) is 0 Å².